The third-order valence-electron chi connectivity index (χ3n) is 1.53. The van der Waals surface area contributed by atoms with Gasteiger partial charge in [0.2, 0.25) is 0 Å². The van der Waals surface area contributed by atoms with Gasteiger partial charge in [-0.25, -0.2) is 0 Å². The number of hydrogen-bond acceptors (Lipinski definition) is 4. The summed E-state index contributed by atoms with van der Waals surface area (Å²) in [7, 11) is 4.69. The van der Waals surface area contributed by atoms with Crippen LogP contribution in [0.2, 0.25) is 0 Å². The molecule has 0 aromatic heterocycles. The molecule has 0 bridgehead atoms. The molecule has 0 saturated carbocycles. The molecular formula is C7H18O4Zr2. The van der Waals surface area contributed by atoms with E-state index in [-0.39, 0.29) is 26.2 Å². The largest absolute Gasteiger partial charge is 0 e. The van der Waals surface area contributed by atoms with E-state index in [1.807, 2.05) is 0 Å². The fourth-order valence-corrected chi connectivity index (χ4v) is 3.84. The van der Waals surface area contributed by atoms with E-state index in [2.05, 4.69) is 6.92 Å². The van der Waals surface area contributed by atoms with E-state index in [9.17, 15) is 0 Å². The van der Waals surface area contributed by atoms with Crippen molar-refractivity contribution in [3.8, 4) is 0 Å². The second kappa shape index (κ2) is 10.1. The van der Waals surface area contributed by atoms with Gasteiger partial charge in [-0.3, -0.25) is 0 Å². The van der Waals surface area contributed by atoms with E-state index in [4.69, 9.17) is 11.3 Å². The van der Waals surface area contributed by atoms with E-state index in [0.717, 1.165) is 12.8 Å². The Kier molecular flexibility index (Phi) is 13.3. The van der Waals surface area contributed by atoms with Crippen LogP contribution in [0.15, 0.2) is 0 Å². The van der Waals surface area contributed by atoms with Gasteiger partial charge in [-0.1, -0.05) is 0 Å². The summed E-state index contributed by atoms with van der Waals surface area (Å²) in [5.74, 6) is 0. The van der Waals surface area contributed by atoms with Crippen LogP contribution < -0.4 is 0 Å². The second-order valence-electron chi connectivity index (χ2n) is 2.31. The van der Waals surface area contributed by atoms with Gasteiger partial charge in [-0.15, -0.1) is 0 Å². The van der Waals surface area contributed by atoms with Crippen molar-refractivity contribution in [3.05, 3.63) is 0 Å². The molecule has 0 aliphatic carbocycles. The Balaban J connectivity index is 0. The molecule has 4 nitrogen and oxygen atoms in total. The Bertz CT molecular complexity index is 100. The first kappa shape index (κ1) is 17.0. The summed E-state index contributed by atoms with van der Waals surface area (Å²) < 4.78 is 20.8. The first-order valence-corrected chi connectivity index (χ1v) is 8.05. The Morgan fingerprint density at radius 2 is 1.46 bits per heavy atom. The van der Waals surface area contributed by atoms with Gasteiger partial charge in [0.1, 0.15) is 0 Å². The number of hydrogen-bond donors (Lipinski definition) is 0. The van der Waals surface area contributed by atoms with Crippen molar-refractivity contribution in [1.29, 1.82) is 0 Å². The van der Waals surface area contributed by atoms with Crippen molar-refractivity contribution in [1.82, 2.24) is 0 Å². The van der Waals surface area contributed by atoms with Gasteiger partial charge in [-0.2, -0.15) is 0 Å². The van der Waals surface area contributed by atoms with Crippen molar-refractivity contribution in [2.45, 2.75) is 19.8 Å². The zero-order valence-corrected chi connectivity index (χ0v) is 13.7. The molecule has 6 heteroatoms. The van der Waals surface area contributed by atoms with Crippen molar-refractivity contribution >= 4 is 0 Å². The van der Waals surface area contributed by atoms with Crippen LogP contribution in [-0.4, -0.2) is 27.9 Å². The minimum atomic E-state index is -3.49. The van der Waals surface area contributed by atoms with Gasteiger partial charge in [-0.05, 0) is 0 Å². The third-order valence-corrected chi connectivity index (χ3v) is 6.58. The molecule has 0 atom stereocenters. The SMILES string of the molecule is CCCC[O][Zr]([O]C)([O]C)[O]C.[Zr]. The Hall–Kier alpha value is 1.61. The smallest absolute Gasteiger partial charge is 0 e. The summed E-state index contributed by atoms with van der Waals surface area (Å²) in [6.07, 6.45) is 2.11. The molecule has 0 amide bonds. The van der Waals surface area contributed by atoms with E-state index in [0.29, 0.717) is 6.61 Å². The van der Waals surface area contributed by atoms with Crippen molar-refractivity contribution in [2.75, 3.05) is 27.9 Å². The molecule has 78 valence electrons. The summed E-state index contributed by atoms with van der Waals surface area (Å²) in [5, 5.41) is 0. The molecule has 13 heavy (non-hydrogen) atoms. The molecule has 0 radical (unpaired) electrons. The van der Waals surface area contributed by atoms with Crippen molar-refractivity contribution in [2.24, 2.45) is 0 Å². The molecule has 0 unspecified atom stereocenters. The summed E-state index contributed by atoms with van der Waals surface area (Å²) in [6, 6.07) is 0. The van der Waals surface area contributed by atoms with Gasteiger partial charge >= 0.3 is 81.0 Å². The minimum absolute atomic E-state index is 0. The molecule has 0 fully saturated rings. The van der Waals surface area contributed by atoms with E-state index < -0.39 is 22.0 Å². The van der Waals surface area contributed by atoms with E-state index >= 15 is 0 Å². The Labute approximate surface area is 106 Å². The molecule has 0 saturated heterocycles. The van der Waals surface area contributed by atoms with Crippen LogP contribution in [0.5, 0.6) is 0 Å². The molecule has 0 heterocycles. The van der Waals surface area contributed by atoms with Crippen LogP contribution in [0.3, 0.4) is 0 Å². The van der Waals surface area contributed by atoms with Crippen LogP contribution in [0.1, 0.15) is 19.8 Å². The van der Waals surface area contributed by atoms with Gasteiger partial charge in [0.15, 0.2) is 0 Å². The predicted molar refractivity (Wildman–Crippen MR) is 41.9 cm³/mol. The van der Waals surface area contributed by atoms with E-state index in [1.54, 1.807) is 21.3 Å². The van der Waals surface area contributed by atoms with Crippen LogP contribution >= 0.6 is 0 Å². The summed E-state index contributed by atoms with van der Waals surface area (Å²) in [4.78, 5) is 0. The Morgan fingerprint density at radius 1 is 1.00 bits per heavy atom. The normalized spacial score (nSPS) is 11.1. The predicted octanol–water partition coefficient (Wildman–Crippen LogP) is 1.55. The fraction of sp³-hybridized carbons (Fsp3) is 1.00. The first-order chi connectivity index (χ1) is 5.74. The first-order valence-electron chi connectivity index (χ1n) is 4.04. The van der Waals surface area contributed by atoms with Crippen molar-refractivity contribution < 1.29 is 59.5 Å². The minimum Gasteiger partial charge on any atom is 0 e. The monoisotopic (exact) mass is 346 g/mol. The maximum absolute atomic E-state index is 5.46. The molecule has 0 spiro atoms. The standard InChI is InChI=1S/C4H9O.3CH3O.2Zr/c1-2-3-4-5;3*1-2;;/h2-4H2,1H3;3*1H3;;/q4*-1;;+4. The summed E-state index contributed by atoms with van der Waals surface area (Å²) in [5.41, 5.74) is 0. The third kappa shape index (κ3) is 6.65. The molecule has 0 aromatic carbocycles. The summed E-state index contributed by atoms with van der Waals surface area (Å²) in [6.45, 7) is 2.76. The van der Waals surface area contributed by atoms with Crippen LogP contribution in [-0.2, 0) is 59.5 Å². The second-order valence-corrected chi connectivity index (χ2v) is 8.49. The van der Waals surface area contributed by atoms with Crippen molar-refractivity contribution in [3.63, 3.8) is 0 Å². The topological polar surface area (TPSA) is 36.9 Å². The van der Waals surface area contributed by atoms with Crippen LogP contribution in [0.25, 0.3) is 0 Å². The van der Waals surface area contributed by atoms with Crippen LogP contribution in [0, 0.1) is 0 Å². The molecule has 0 aliphatic heterocycles. The molecule has 0 aliphatic rings. The quantitative estimate of drug-likeness (QED) is 0.654. The number of unbranched alkanes of at least 4 members (excludes halogenated alkanes) is 1. The Morgan fingerprint density at radius 3 is 1.77 bits per heavy atom. The maximum atomic E-state index is 5.46. The average Bonchev–Trinajstić information content (AvgIpc) is 2.14. The molecule has 0 N–H and O–H groups in total. The van der Waals surface area contributed by atoms with Gasteiger partial charge in [0.05, 0.1) is 0 Å². The maximum Gasteiger partial charge on any atom is 0 e. The van der Waals surface area contributed by atoms with E-state index in [1.165, 1.54) is 0 Å². The summed E-state index contributed by atoms with van der Waals surface area (Å²) >= 11 is -3.49. The zero-order chi connectivity index (χ0) is 9.45. The van der Waals surface area contributed by atoms with Gasteiger partial charge in [0.25, 0.3) is 0 Å². The van der Waals surface area contributed by atoms with Gasteiger partial charge in [0, 0.05) is 26.2 Å². The van der Waals surface area contributed by atoms with Crippen LogP contribution in [0.4, 0.5) is 0 Å². The number of rotatable bonds is 7. The molecule has 0 rings (SSSR count). The zero-order valence-electron chi connectivity index (χ0n) is 8.75. The fourth-order valence-electron chi connectivity index (χ4n) is 0.768. The van der Waals surface area contributed by atoms with Gasteiger partial charge < -0.3 is 0 Å². The molecule has 0 aromatic rings. The average molecular weight is 349 g/mol. The molecular weight excluding hydrogens is 331 g/mol.